The molecule has 1 amide bonds. The van der Waals surface area contributed by atoms with E-state index >= 15 is 0 Å². The third-order valence-electron chi connectivity index (χ3n) is 2.08. The van der Waals surface area contributed by atoms with Crippen LogP contribution in [0, 0.1) is 12.3 Å². The van der Waals surface area contributed by atoms with Gasteiger partial charge in [0.15, 0.2) is 0 Å². The van der Waals surface area contributed by atoms with E-state index in [-0.39, 0.29) is 31.5 Å². The third-order valence-corrected chi connectivity index (χ3v) is 2.08. The van der Waals surface area contributed by atoms with Gasteiger partial charge in [-0.3, -0.25) is 14.5 Å². The summed E-state index contributed by atoms with van der Waals surface area (Å²) in [5.74, 6) is 1.26. The van der Waals surface area contributed by atoms with Gasteiger partial charge in [0.1, 0.15) is 0 Å². The number of hydrogen-bond donors (Lipinski definition) is 2. The first kappa shape index (κ1) is 14.5. The second-order valence-corrected chi connectivity index (χ2v) is 3.69. The number of carbonyl (C=O) groups is 2. The lowest BCUT2D eigenvalue weighted by atomic mass is 10.2. The Hall–Kier alpha value is -1.54. The molecule has 5 nitrogen and oxygen atoms in total. The van der Waals surface area contributed by atoms with Crippen LogP contribution in [0.4, 0.5) is 0 Å². The minimum absolute atomic E-state index is 0.0284. The Morgan fingerprint density at radius 1 is 1.50 bits per heavy atom. The number of nitrogens with one attached hydrogen (secondary N) is 1. The quantitative estimate of drug-likeness (QED) is 0.596. The van der Waals surface area contributed by atoms with Gasteiger partial charge in [-0.1, -0.05) is 5.92 Å². The van der Waals surface area contributed by atoms with E-state index in [4.69, 9.17) is 11.5 Å². The van der Waals surface area contributed by atoms with Crippen LogP contribution in [-0.2, 0) is 9.59 Å². The van der Waals surface area contributed by atoms with Gasteiger partial charge in [0.2, 0.25) is 5.91 Å². The van der Waals surface area contributed by atoms with Crippen molar-refractivity contribution in [1.82, 2.24) is 10.2 Å². The topological polar surface area (TPSA) is 69.6 Å². The summed E-state index contributed by atoms with van der Waals surface area (Å²) in [7, 11) is 0. The number of carbonyl (C=O) groups excluding carboxylic acids is 1. The number of nitrogens with zero attached hydrogens (tertiary/aromatic N) is 1. The Kier molecular flexibility index (Phi) is 6.97. The fraction of sp³-hybridized carbons (Fsp3) is 0.636. The van der Waals surface area contributed by atoms with Crippen LogP contribution in [0.2, 0.25) is 0 Å². The largest absolute Gasteiger partial charge is 0.481 e. The molecule has 0 aliphatic heterocycles. The summed E-state index contributed by atoms with van der Waals surface area (Å²) >= 11 is 0. The summed E-state index contributed by atoms with van der Waals surface area (Å²) < 4.78 is 0. The fourth-order valence-corrected chi connectivity index (χ4v) is 1.15. The lowest BCUT2D eigenvalue weighted by Crippen LogP contribution is -2.41. The van der Waals surface area contributed by atoms with Gasteiger partial charge in [-0.25, -0.2) is 0 Å². The molecule has 90 valence electrons. The Morgan fingerprint density at radius 3 is 2.56 bits per heavy atom. The van der Waals surface area contributed by atoms with E-state index in [9.17, 15) is 9.59 Å². The lowest BCUT2D eigenvalue weighted by Gasteiger charge is -2.24. The van der Waals surface area contributed by atoms with Crippen molar-refractivity contribution in [2.75, 3.05) is 19.6 Å². The van der Waals surface area contributed by atoms with E-state index in [0.29, 0.717) is 6.54 Å². The lowest BCUT2D eigenvalue weighted by molar-refractivity contribution is -0.138. The van der Waals surface area contributed by atoms with Gasteiger partial charge in [-0.05, 0) is 13.8 Å². The second-order valence-electron chi connectivity index (χ2n) is 3.69. The van der Waals surface area contributed by atoms with E-state index in [0.717, 1.165) is 0 Å². The fourth-order valence-electron chi connectivity index (χ4n) is 1.15. The van der Waals surface area contributed by atoms with Crippen molar-refractivity contribution >= 4 is 11.9 Å². The molecular weight excluding hydrogens is 208 g/mol. The molecule has 0 aromatic carbocycles. The van der Waals surface area contributed by atoms with Crippen LogP contribution in [-0.4, -0.2) is 47.6 Å². The smallest absolute Gasteiger partial charge is 0.304 e. The molecule has 0 spiro atoms. The van der Waals surface area contributed by atoms with Gasteiger partial charge in [-0.15, -0.1) is 6.42 Å². The molecule has 0 saturated carbocycles. The first-order chi connectivity index (χ1) is 7.47. The molecule has 0 unspecified atom stereocenters. The first-order valence-electron chi connectivity index (χ1n) is 5.13. The van der Waals surface area contributed by atoms with Crippen LogP contribution < -0.4 is 5.32 Å². The monoisotopic (exact) mass is 226 g/mol. The molecule has 16 heavy (non-hydrogen) atoms. The van der Waals surface area contributed by atoms with E-state index in [1.54, 1.807) is 4.90 Å². The number of hydrogen-bond acceptors (Lipinski definition) is 3. The summed E-state index contributed by atoms with van der Waals surface area (Å²) in [5.41, 5.74) is 0. The SMILES string of the molecule is C#CCNC(=O)CN(CCC(=O)O)C(C)C. The Morgan fingerprint density at radius 2 is 2.12 bits per heavy atom. The number of carboxylic acid groups (broad SMARTS) is 1. The van der Waals surface area contributed by atoms with Crippen LogP contribution in [0.25, 0.3) is 0 Å². The second kappa shape index (κ2) is 7.71. The van der Waals surface area contributed by atoms with Gasteiger partial charge in [0, 0.05) is 12.6 Å². The summed E-state index contributed by atoms with van der Waals surface area (Å²) in [6.45, 7) is 4.55. The maximum Gasteiger partial charge on any atom is 0.304 e. The maximum absolute atomic E-state index is 11.4. The van der Waals surface area contributed by atoms with Crippen molar-refractivity contribution in [3.05, 3.63) is 0 Å². The average Bonchev–Trinajstić information content (AvgIpc) is 2.20. The van der Waals surface area contributed by atoms with Crippen LogP contribution in [0.1, 0.15) is 20.3 Å². The van der Waals surface area contributed by atoms with Gasteiger partial charge < -0.3 is 10.4 Å². The molecule has 0 bridgehead atoms. The van der Waals surface area contributed by atoms with Crippen LogP contribution in [0.15, 0.2) is 0 Å². The molecule has 2 N–H and O–H groups in total. The highest BCUT2D eigenvalue weighted by Gasteiger charge is 2.14. The summed E-state index contributed by atoms with van der Waals surface area (Å²) in [4.78, 5) is 23.6. The molecule has 0 saturated heterocycles. The molecule has 0 aromatic rings. The zero-order chi connectivity index (χ0) is 12.6. The first-order valence-corrected chi connectivity index (χ1v) is 5.13. The number of rotatable bonds is 7. The molecular formula is C11H18N2O3. The van der Waals surface area contributed by atoms with Crippen LogP contribution in [0.5, 0.6) is 0 Å². The minimum Gasteiger partial charge on any atom is -0.481 e. The molecule has 5 heteroatoms. The third kappa shape index (κ3) is 6.85. The predicted octanol–water partition coefficient (Wildman–Crippen LogP) is -0.0791. The van der Waals surface area contributed by atoms with Crippen LogP contribution >= 0.6 is 0 Å². The molecule has 0 radical (unpaired) electrons. The normalized spacial score (nSPS) is 10.2. The number of terminal acetylenes is 1. The average molecular weight is 226 g/mol. The van der Waals surface area contributed by atoms with Gasteiger partial charge in [0.05, 0.1) is 19.5 Å². The molecule has 0 fully saturated rings. The highest BCUT2D eigenvalue weighted by molar-refractivity contribution is 5.78. The van der Waals surface area contributed by atoms with Gasteiger partial charge in [0.25, 0.3) is 0 Å². The highest BCUT2D eigenvalue weighted by atomic mass is 16.4. The van der Waals surface area contributed by atoms with Crippen molar-refractivity contribution in [1.29, 1.82) is 0 Å². The van der Waals surface area contributed by atoms with Crippen molar-refractivity contribution in [3.8, 4) is 12.3 Å². The summed E-state index contributed by atoms with van der Waals surface area (Å²) in [6.07, 6.45) is 5.04. The molecule has 0 atom stereocenters. The Balaban J connectivity index is 4.08. The Bertz CT molecular complexity index is 281. The number of amides is 1. The molecule has 0 heterocycles. The molecule has 0 rings (SSSR count). The van der Waals surface area contributed by atoms with E-state index in [1.807, 2.05) is 13.8 Å². The minimum atomic E-state index is -0.866. The van der Waals surface area contributed by atoms with Crippen molar-refractivity contribution in [2.24, 2.45) is 0 Å². The summed E-state index contributed by atoms with van der Waals surface area (Å²) in [5, 5.41) is 11.1. The highest BCUT2D eigenvalue weighted by Crippen LogP contribution is 1.99. The van der Waals surface area contributed by atoms with Gasteiger partial charge in [-0.2, -0.15) is 0 Å². The van der Waals surface area contributed by atoms with Crippen LogP contribution in [0.3, 0.4) is 0 Å². The number of carboxylic acids is 1. The zero-order valence-corrected chi connectivity index (χ0v) is 9.69. The Labute approximate surface area is 95.8 Å². The van der Waals surface area contributed by atoms with E-state index in [2.05, 4.69) is 11.2 Å². The molecule has 0 aliphatic rings. The summed E-state index contributed by atoms with van der Waals surface area (Å²) in [6, 6.07) is 0.121. The number of aliphatic carboxylic acids is 1. The zero-order valence-electron chi connectivity index (χ0n) is 9.69. The van der Waals surface area contributed by atoms with E-state index in [1.165, 1.54) is 0 Å². The predicted molar refractivity (Wildman–Crippen MR) is 60.8 cm³/mol. The van der Waals surface area contributed by atoms with E-state index < -0.39 is 5.97 Å². The van der Waals surface area contributed by atoms with Crippen molar-refractivity contribution < 1.29 is 14.7 Å². The molecule has 0 aromatic heterocycles. The van der Waals surface area contributed by atoms with Gasteiger partial charge >= 0.3 is 5.97 Å². The van der Waals surface area contributed by atoms with Crippen molar-refractivity contribution in [2.45, 2.75) is 26.3 Å². The standard InChI is InChI=1S/C11H18N2O3/c1-4-6-12-10(14)8-13(9(2)3)7-5-11(15)16/h1,9H,5-8H2,2-3H3,(H,12,14)(H,15,16). The van der Waals surface area contributed by atoms with Crippen molar-refractivity contribution in [3.63, 3.8) is 0 Å². The maximum atomic E-state index is 11.4. The molecule has 0 aliphatic carbocycles.